The first-order valence-corrected chi connectivity index (χ1v) is 9.29. The molecule has 154 valence electrons. The maximum absolute atomic E-state index is 13.7. The normalized spacial score (nSPS) is 12.8. The molecule has 4 aromatic rings. The second kappa shape index (κ2) is 7.63. The first kappa shape index (κ1) is 20.2. The molecule has 0 spiro atoms. The number of oxazole rings is 1. The molecule has 8 heteroatoms. The third kappa shape index (κ3) is 4.13. The number of fused-ring (bicyclic) bond motifs is 1. The van der Waals surface area contributed by atoms with E-state index < -0.39 is 17.3 Å². The van der Waals surface area contributed by atoms with Gasteiger partial charge in [0.25, 0.3) is 5.91 Å². The van der Waals surface area contributed by atoms with Crippen molar-refractivity contribution >= 4 is 16.8 Å². The van der Waals surface area contributed by atoms with Gasteiger partial charge < -0.3 is 15.3 Å². The summed E-state index contributed by atoms with van der Waals surface area (Å²) < 4.78 is 19.0. The van der Waals surface area contributed by atoms with Gasteiger partial charge >= 0.3 is 0 Å². The number of nitrogens with zero attached hydrogens (tertiary/aromatic N) is 3. The molecule has 1 unspecified atom stereocenters. The lowest BCUT2D eigenvalue weighted by atomic mass is 10.1. The molecule has 0 aliphatic rings. The van der Waals surface area contributed by atoms with Gasteiger partial charge in [-0.3, -0.25) is 4.79 Å². The molecule has 0 radical (unpaired) electrons. The Bertz CT molecular complexity index is 1380. The molecule has 0 saturated carbocycles. The summed E-state index contributed by atoms with van der Waals surface area (Å²) in [5.41, 5.74) is 5.24. The molecular weight excluding hydrogens is 399 g/mol. The maximum Gasteiger partial charge on any atom is 0.268 e. The molecule has 2 aromatic heterocycles. The van der Waals surface area contributed by atoms with Crippen LogP contribution >= 0.6 is 0 Å². The van der Waals surface area contributed by atoms with E-state index in [2.05, 4.69) is 26.8 Å². The minimum Gasteiger partial charge on any atom is -0.442 e. The standard InChI is InChI=1S/C23H17FN4O3/c1-13-12-26-22(31-13)23(2,30)9-8-14-4-3-5-15(10-14)21-27-18-11-16(24)6-7-17(18)19(28-21)20(25)29/h3-7,10-12,30H,1-2H3,(H2,25,29). The highest BCUT2D eigenvalue weighted by atomic mass is 19.1. The fourth-order valence-corrected chi connectivity index (χ4v) is 2.98. The van der Waals surface area contributed by atoms with Crippen molar-refractivity contribution in [1.29, 1.82) is 0 Å². The van der Waals surface area contributed by atoms with Crippen LogP contribution in [0, 0.1) is 24.6 Å². The number of rotatable bonds is 3. The molecule has 31 heavy (non-hydrogen) atoms. The average molecular weight is 416 g/mol. The molecule has 1 atom stereocenters. The van der Waals surface area contributed by atoms with Crippen LogP contribution in [0.5, 0.6) is 0 Å². The van der Waals surface area contributed by atoms with Crippen LogP contribution in [0.4, 0.5) is 4.39 Å². The molecule has 7 nitrogen and oxygen atoms in total. The summed E-state index contributed by atoms with van der Waals surface area (Å²) in [6.07, 6.45) is 1.50. The van der Waals surface area contributed by atoms with E-state index in [0.29, 0.717) is 22.3 Å². The Morgan fingerprint density at radius 2 is 2.03 bits per heavy atom. The summed E-state index contributed by atoms with van der Waals surface area (Å²) in [6.45, 7) is 3.20. The number of primary amides is 1. The number of carbonyl (C=O) groups excluding carboxylic acids is 1. The molecule has 0 bridgehead atoms. The number of benzene rings is 2. The van der Waals surface area contributed by atoms with E-state index in [1.807, 2.05) is 0 Å². The molecule has 0 fully saturated rings. The number of aromatic nitrogens is 3. The Labute approximate surface area is 176 Å². The Kier molecular flexibility index (Phi) is 4.97. The summed E-state index contributed by atoms with van der Waals surface area (Å²) in [6, 6.07) is 10.7. The van der Waals surface area contributed by atoms with E-state index in [0.717, 1.165) is 0 Å². The Balaban J connectivity index is 1.76. The molecule has 2 heterocycles. The van der Waals surface area contributed by atoms with Gasteiger partial charge in [0.1, 0.15) is 17.3 Å². The summed E-state index contributed by atoms with van der Waals surface area (Å²) in [5.74, 6) is 5.24. The van der Waals surface area contributed by atoms with Crippen molar-refractivity contribution in [2.24, 2.45) is 5.73 Å². The predicted molar refractivity (Wildman–Crippen MR) is 111 cm³/mol. The van der Waals surface area contributed by atoms with Gasteiger partial charge in [-0.25, -0.2) is 19.3 Å². The Hall–Kier alpha value is -4.09. The molecule has 2 aromatic carbocycles. The van der Waals surface area contributed by atoms with Crippen molar-refractivity contribution in [2.75, 3.05) is 0 Å². The summed E-state index contributed by atoms with van der Waals surface area (Å²) in [4.78, 5) is 24.5. The van der Waals surface area contributed by atoms with Gasteiger partial charge in [0.2, 0.25) is 5.89 Å². The number of hydrogen-bond donors (Lipinski definition) is 2. The number of aryl methyl sites for hydroxylation is 1. The van der Waals surface area contributed by atoms with Crippen LogP contribution in [0.3, 0.4) is 0 Å². The average Bonchev–Trinajstić information content (AvgIpc) is 3.19. The fraction of sp³-hybridized carbons (Fsp3) is 0.130. The van der Waals surface area contributed by atoms with Crippen molar-refractivity contribution in [3.05, 3.63) is 77.4 Å². The number of carbonyl (C=O) groups is 1. The molecule has 0 saturated heterocycles. The molecule has 0 aliphatic heterocycles. The highest BCUT2D eigenvalue weighted by Gasteiger charge is 2.26. The zero-order chi connectivity index (χ0) is 22.2. The van der Waals surface area contributed by atoms with Crippen LogP contribution in [0.15, 0.2) is 53.1 Å². The van der Waals surface area contributed by atoms with Crippen LogP contribution < -0.4 is 5.73 Å². The Morgan fingerprint density at radius 1 is 1.23 bits per heavy atom. The van der Waals surface area contributed by atoms with Gasteiger partial charge in [-0.05, 0) is 38.1 Å². The molecule has 4 rings (SSSR count). The Morgan fingerprint density at radius 3 is 2.74 bits per heavy atom. The molecule has 3 N–H and O–H groups in total. The van der Waals surface area contributed by atoms with Crippen LogP contribution in [0.2, 0.25) is 0 Å². The number of amides is 1. The first-order valence-electron chi connectivity index (χ1n) is 9.29. The topological polar surface area (TPSA) is 115 Å². The van der Waals surface area contributed by atoms with Gasteiger partial charge in [0.15, 0.2) is 11.4 Å². The van der Waals surface area contributed by atoms with Gasteiger partial charge in [-0.2, -0.15) is 0 Å². The van der Waals surface area contributed by atoms with Crippen LogP contribution in [0.25, 0.3) is 22.3 Å². The van der Waals surface area contributed by atoms with E-state index in [1.54, 1.807) is 31.2 Å². The second-order valence-electron chi connectivity index (χ2n) is 7.10. The monoisotopic (exact) mass is 416 g/mol. The van der Waals surface area contributed by atoms with Crippen molar-refractivity contribution in [3.8, 4) is 23.2 Å². The number of aliphatic hydroxyl groups is 1. The van der Waals surface area contributed by atoms with Crippen molar-refractivity contribution in [2.45, 2.75) is 19.4 Å². The molecular formula is C23H17FN4O3. The zero-order valence-electron chi connectivity index (χ0n) is 16.7. The highest BCUT2D eigenvalue weighted by molar-refractivity contribution is 6.04. The van der Waals surface area contributed by atoms with Gasteiger partial charge in [0.05, 0.1) is 11.7 Å². The van der Waals surface area contributed by atoms with Crippen LogP contribution in [0.1, 0.15) is 34.6 Å². The fourth-order valence-electron chi connectivity index (χ4n) is 2.98. The largest absolute Gasteiger partial charge is 0.442 e. The number of halogens is 1. The molecule has 1 amide bonds. The zero-order valence-corrected chi connectivity index (χ0v) is 16.7. The smallest absolute Gasteiger partial charge is 0.268 e. The second-order valence-corrected chi connectivity index (χ2v) is 7.10. The summed E-state index contributed by atoms with van der Waals surface area (Å²) in [7, 11) is 0. The van der Waals surface area contributed by atoms with Crippen molar-refractivity contribution < 1.29 is 18.7 Å². The van der Waals surface area contributed by atoms with Crippen LogP contribution in [-0.4, -0.2) is 26.0 Å². The van der Waals surface area contributed by atoms with Crippen LogP contribution in [-0.2, 0) is 5.60 Å². The third-order valence-electron chi connectivity index (χ3n) is 4.50. The first-order chi connectivity index (χ1) is 14.7. The minimum absolute atomic E-state index is 0.00122. The minimum atomic E-state index is -1.58. The summed E-state index contributed by atoms with van der Waals surface area (Å²) in [5, 5.41) is 10.9. The van der Waals surface area contributed by atoms with Crippen molar-refractivity contribution in [1.82, 2.24) is 15.0 Å². The third-order valence-corrected chi connectivity index (χ3v) is 4.50. The lowest BCUT2D eigenvalue weighted by Gasteiger charge is -2.11. The number of nitrogens with two attached hydrogens (primary N) is 1. The van der Waals surface area contributed by atoms with E-state index in [-0.39, 0.29) is 22.9 Å². The van der Waals surface area contributed by atoms with Crippen molar-refractivity contribution in [3.63, 3.8) is 0 Å². The predicted octanol–water partition coefficient (Wildman–Crippen LogP) is 3.09. The SMILES string of the molecule is Cc1cnc(C(C)(O)C#Cc2cccc(-c3nc(C(N)=O)c4ccc(F)cc4n3)c2)o1. The van der Waals surface area contributed by atoms with E-state index in [9.17, 15) is 14.3 Å². The van der Waals surface area contributed by atoms with E-state index in [1.165, 1.54) is 31.3 Å². The van der Waals surface area contributed by atoms with Gasteiger partial charge in [0, 0.05) is 22.6 Å². The molecule has 0 aliphatic carbocycles. The lowest BCUT2D eigenvalue weighted by molar-refractivity contribution is 0.0882. The maximum atomic E-state index is 13.7. The van der Waals surface area contributed by atoms with E-state index >= 15 is 0 Å². The van der Waals surface area contributed by atoms with Gasteiger partial charge in [-0.15, -0.1) is 0 Å². The van der Waals surface area contributed by atoms with E-state index in [4.69, 9.17) is 10.2 Å². The van der Waals surface area contributed by atoms with Gasteiger partial charge in [-0.1, -0.05) is 24.0 Å². The highest BCUT2D eigenvalue weighted by Crippen LogP contribution is 2.24. The quantitative estimate of drug-likeness (QED) is 0.496. The summed E-state index contributed by atoms with van der Waals surface area (Å²) >= 11 is 0. The lowest BCUT2D eigenvalue weighted by Crippen LogP contribution is -2.18. The number of hydrogen-bond acceptors (Lipinski definition) is 6.